The van der Waals surface area contributed by atoms with E-state index >= 15 is 0 Å². The third kappa shape index (κ3) is 4.13. The SMILES string of the molecule is CC1(C)Cc2cc(F)cc(C[C@@H]3CCCN(N)[C@@H]3c3ccccc3)c2O1.Cl. The van der Waals surface area contributed by atoms with Crippen molar-refractivity contribution in [3.8, 4) is 5.75 Å². The van der Waals surface area contributed by atoms with Gasteiger partial charge >= 0.3 is 0 Å². The molecule has 0 unspecified atom stereocenters. The van der Waals surface area contributed by atoms with Crippen LogP contribution in [0.25, 0.3) is 0 Å². The first kappa shape index (κ1) is 20.1. The fourth-order valence-corrected chi connectivity index (χ4v) is 4.61. The highest BCUT2D eigenvalue weighted by Crippen LogP contribution is 2.42. The molecule has 2 aromatic carbocycles. The number of hydrogen-bond acceptors (Lipinski definition) is 3. The lowest BCUT2D eigenvalue weighted by molar-refractivity contribution is 0.0909. The molecular formula is C22H28ClFN2O. The minimum atomic E-state index is -0.268. The monoisotopic (exact) mass is 390 g/mol. The Balaban J connectivity index is 0.00000210. The molecule has 0 saturated carbocycles. The molecule has 0 amide bonds. The summed E-state index contributed by atoms with van der Waals surface area (Å²) >= 11 is 0. The second kappa shape index (κ2) is 7.78. The highest BCUT2D eigenvalue weighted by Gasteiger charge is 2.35. The molecule has 146 valence electrons. The molecule has 0 aromatic heterocycles. The van der Waals surface area contributed by atoms with E-state index in [2.05, 4.69) is 38.1 Å². The first-order valence-corrected chi connectivity index (χ1v) is 9.49. The lowest BCUT2D eigenvalue weighted by Gasteiger charge is -2.39. The van der Waals surface area contributed by atoms with Crippen LogP contribution in [0, 0.1) is 11.7 Å². The number of nitrogens with two attached hydrogens (primary N) is 1. The molecule has 0 bridgehead atoms. The Morgan fingerprint density at radius 1 is 1.22 bits per heavy atom. The first-order chi connectivity index (χ1) is 12.4. The predicted molar refractivity (Wildman–Crippen MR) is 109 cm³/mol. The molecule has 0 aliphatic carbocycles. The van der Waals surface area contributed by atoms with Crippen LogP contribution in [0.4, 0.5) is 4.39 Å². The van der Waals surface area contributed by atoms with Gasteiger partial charge in [0.2, 0.25) is 0 Å². The van der Waals surface area contributed by atoms with Crippen molar-refractivity contribution < 1.29 is 9.13 Å². The Labute approximate surface area is 167 Å². The van der Waals surface area contributed by atoms with Gasteiger partial charge in [-0.25, -0.2) is 9.40 Å². The summed E-state index contributed by atoms with van der Waals surface area (Å²) in [5.41, 5.74) is 2.93. The van der Waals surface area contributed by atoms with E-state index in [9.17, 15) is 4.39 Å². The maximum absolute atomic E-state index is 14.2. The van der Waals surface area contributed by atoms with Crippen molar-refractivity contribution in [3.05, 3.63) is 65.0 Å². The zero-order valence-electron chi connectivity index (χ0n) is 16.0. The molecule has 2 heterocycles. The molecular weight excluding hydrogens is 363 g/mol. The third-order valence-electron chi connectivity index (χ3n) is 5.62. The molecule has 3 nitrogen and oxygen atoms in total. The van der Waals surface area contributed by atoms with Gasteiger partial charge < -0.3 is 4.74 Å². The van der Waals surface area contributed by atoms with Gasteiger partial charge in [-0.05, 0) is 62.3 Å². The number of fused-ring (bicyclic) bond motifs is 1. The topological polar surface area (TPSA) is 38.5 Å². The lowest BCUT2D eigenvalue weighted by atomic mass is 9.81. The summed E-state index contributed by atoms with van der Waals surface area (Å²) in [4.78, 5) is 0. The summed E-state index contributed by atoms with van der Waals surface area (Å²) in [6.45, 7) is 5.01. The maximum atomic E-state index is 14.2. The minimum absolute atomic E-state index is 0. The van der Waals surface area contributed by atoms with Crippen LogP contribution in [0.5, 0.6) is 5.75 Å². The number of ether oxygens (including phenoxy) is 1. The Morgan fingerprint density at radius 2 is 1.96 bits per heavy atom. The average molecular weight is 391 g/mol. The van der Waals surface area contributed by atoms with Crippen molar-refractivity contribution in [1.82, 2.24) is 5.01 Å². The van der Waals surface area contributed by atoms with Crippen molar-refractivity contribution in [3.63, 3.8) is 0 Å². The Kier molecular flexibility index (Phi) is 5.80. The molecule has 0 radical (unpaired) electrons. The van der Waals surface area contributed by atoms with Gasteiger partial charge in [0.25, 0.3) is 0 Å². The normalized spacial score (nSPS) is 24.0. The van der Waals surface area contributed by atoms with Crippen molar-refractivity contribution in [2.75, 3.05) is 6.54 Å². The number of hydrazine groups is 1. The Bertz CT molecular complexity index is 796. The van der Waals surface area contributed by atoms with Crippen LogP contribution >= 0.6 is 12.4 Å². The molecule has 4 rings (SSSR count). The van der Waals surface area contributed by atoms with E-state index in [0.29, 0.717) is 5.92 Å². The maximum Gasteiger partial charge on any atom is 0.126 e. The van der Waals surface area contributed by atoms with Crippen LogP contribution in [0.15, 0.2) is 42.5 Å². The smallest absolute Gasteiger partial charge is 0.126 e. The summed E-state index contributed by atoms with van der Waals surface area (Å²) in [6, 6.07) is 13.8. The van der Waals surface area contributed by atoms with Gasteiger partial charge in [-0.1, -0.05) is 30.3 Å². The van der Waals surface area contributed by atoms with Gasteiger partial charge in [-0.2, -0.15) is 0 Å². The van der Waals surface area contributed by atoms with Crippen molar-refractivity contribution >= 4 is 12.4 Å². The summed E-state index contributed by atoms with van der Waals surface area (Å²) in [5, 5.41) is 1.95. The molecule has 0 spiro atoms. The van der Waals surface area contributed by atoms with Crippen LogP contribution in [0.2, 0.25) is 0 Å². The van der Waals surface area contributed by atoms with Gasteiger partial charge in [0.15, 0.2) is 0 Å². The zero-order chi connectivity index (χ0) is 18.3. The van der Waals surface area contributed by atoms with Crippen LogP contribution < -0.4 is 10.6 Å². The van der Waals surface area contributed by atoms with Crippen LogP contribution in [-0.4, -0.2) is 17.2 Å². The molecule has 2 N–H and O–H groups in total. The molecule has 1 saturated heterocycles. The van der Waals surface area contributed by atoms with Gasteiger partial charge in [0.05, 0.1) is 6.04 Å². The lowest BCUT2D eigenvalue weighted by Crippen LogP contribution is -2.44. The molecule has 2 aromatic rings. The highest BCUT2D eigenvalue weighted by atomic mass is 35.5. The van der Waals surface area contributed by atoms with Gasteiger partial charge in [-0.15, -0.1) is 12.4 Å². The van der Waals surface area contributed by atoms with E-state index < -0.39 is 0 Å². The Morgan fingerprint density at radius 3 is 2.70 bits per heavy atom. The molecule has 27 heavy (non-hydrogen) atoms. The molecule has 2 atom stereocenters. The average Bonchev–Trinajstić information content (AvgIpc) is 2.90. The molecule has 2 aliphatic rings. The Hall–Kier alpha value is -1.62. The van der Waals surface area contributed by atoms with E-state index in [-0.39, 0.29) is 29.9 Å². The fraction of sp³-hybridized carbons (Fsp3) is 0.455. The van der Waals surface area contributed by atoms with E-state index in [1.54, 1.807) is 12.1 Å². The molecule has 2 aliphatic heterocycles. The fourth-order valence-electron chi connectivity index (χ4n) is 4.61. The van der Waals surface area contributed by atoms with Gasteiger partial charge in [0.1, 0.15) is 17.2 Å². The van der Waals surface area contributed by atoms with Crippen molar-refractivity contribution in [2.24, 2.45) is 11.8 Å². The van der Waals surface area contributed by atoms with Crippen molar-refractivity contribution in [2.45, 2.75) is 51.2 Å². The second-order valence-electron chi connectivity index (χ2n) is 8.29. The molecule has 1 fully saturated rings. The van der Waals surface area contributed by atoms with Gasteiger partial charge in [-0.3, -0.25) is 5.84 Å². The zero-order valence-corrected chi connectivity index (χ0v) is 16.8. The minimum Gasteiger partial charge on any atom is -0.487 e. The number of benzene rings is 2. The number of piperidine rings is 1. The second-order valence-corrected chi connectivity index (χ2v) is 8.29. The first-order valence-electron chi connectivity index (χ1n) is 9.49. The third-order valence-corrected chi connectivity index (χ3v) is 5.62. The van der Waals surface area contributed by atoms with Crippen LogP contribution in [0.3, 0.4) is 0 Å². The number of rotatable bonds is 3. The summed E-state index contributed by atoms with van der Waals surface area (Å²) < 4.78 is 20.4. The molecule has 5 heteroatoms. The van der Waals surface area contributed by atoms with E-state index in [0.717, 1.165) is 49.1 Å². The standard InChI is InChI=1S/C22H27FN2O.ClH/c1-22(2)14-18-13-19(23)12-17(21(18)26-22)11-16-9-6-10-25(24)20(16)15-7-4-3-5-8-15;/h3-5,7-8,12-13,16,20H,6,9-11,14,24H2,1-2H3;1H/t16-,20+;/m0./s1. The highest BCUT2D eigenvalue weighted by molar-refractivity contribution is 5.85. The van der Waals surface area contributed by atoms with Gasteiger partial charge in [0, 0.05) is 18.5 Å². The summed E-state index contributed by atoms with van der Waals surface area (Å²) in [5.74, 6) is 7.43. The van der Waals surface area contributed by atoms with Crippen molar-refractivity contribution in [1.29, 1.82) is 0 Å². The summed E-state index contributed by atoms with van der Waals surface area (Å²) in [6.07, 6.45) is 3.68. The number of nitrogens with zero attached hydrogens (tertiary/aromatic N) is 1. The van der Waals surface area contributed by atoms with Crippen LogP contribution in [-0.2, 0) is 12.8 Å². The van der Waals surface area contributed by atoms with E-state index in [1.807, 2.05) is 11.1 Å². The quantitative estimate of drug-likeness (QED) is 0.763. The van der Waals surface area contributed by atoms with E-state index in [1.165, 1.54) is 5.56 Å². The predicted octanol–water partition coefficient (Wildman–Crippen LogP) is 4.83. The largest absolute Gasteiger partial charge is 0.487 e. The number of hydrogen-bond donors (Lipinski definition) is 1. The van der Waals surface area contributed by atoms with E-state index in [4.69, 9.17) is 10.6 Å². The number of halogens is 2. The van der Waals surface area contributed by atoms with Crippen LogP contribution in [0.1, 0.15) is 49.4 Å². The summed E-state index contributed by atoms with van der Waals surface area (Å²) in [7, 11) is 0.